The molecule has 0 aliphatic carbocycles. The lowest BCUT2D eigenvalue weighted by molar-refractivity contribution is -0.141. The van der Waals surface area contributed by atoms with Crippen molar-refractivity contribution in [1.82, 2.24) is 9.97 Å². The number of nitrogens with two attached hydrogens (primary N) is 1. The maximum Gasteiger partial charge on any atom is 0.328 e. The molecule has 20 heavy (non-hydrogen) atoms. The van der Waals surface area contributed by atoms with Gasteiger partial charge in [-0.05, 0) is 18.6 Å². The van der Waals surface area contributed by atoms with Crippen molar-refractivity contribution in [2.24, 2.45) is 11.8 Å². The quantitative estimate of drug-likeness (QED) is 0.229. The molecule has 1 atom stereocenters. The Morgan fingerprint density at radius 3 is 2.60 bits per heavy atom. The van der Waals surface area contributed by atoms with Gasteiger partial charge in [0.15, 0.2) is 5.16 Å². The van der Waals surface area contributed by atoms with E-state index in [1.54, 1.807) is 6.07 Å². The van der Waals surface area contributed by atoms with Gasteiger partial charge >= 0.3 is 5.97 Å². The fourth-order valence-corrected chi connectivity index (χ4v) is 2.05. The number of carbonyl (C=O) groups is 1. The van der Waals surface area contributed by atoms with E-state index in [-0.39, 0.29) is 5.97 Å². The second-order valence-corrected chi connectivity index (χ2v) is 5.39. The molecule has 1 rings (SSSR count). The molecule has 1 aromatic heterocycles. The van der Waals surface area contributed by atoms with Gasteiger partial charge in [0.2, 0.25) is 0 Å². The van der Waals surface area contributed by atoms with Crippen molar-refractivity contribution in [1.29, 1.82) is 0 Å². The van der Waals surface area contributed by atoms with Gasteiger partial charge in [-0.1, -0.05) is 25.6 Å². The molecular formula is C12H21N5O2S. The first kappa shape index (κ1) is 16.5. The number of hydrogen-bond acceptors (Lipinski definition) is 8. The van der Waals surface area contributed by atoms with Crippen LogP contribution < -0.4 is 16.6 Å². The molecule has 1 aromatic rings. The van der Waals surface area contributed by atoms with Crippen LogP contribution in [-0.4, -0.2) is 35.3 Å². The van der Waals surface area contributed by atoms with Crippen LogP contribution >= 0.6 is 11.8 Å². The van der Waals surface area contributed by atoms with Gasteiger partial charge < -0.3 is 15.5 Å². The fraction of sp³-hybridized carbons (Fsp3) is 0.583. The first-order valence-corrected chi connectivity index (χ1v) is 7.46. The number of nitrogens with zero attached hydrogens (tertiary/aromatic N) is 2. The Balaban J connectivity index is 2.94. The van der Waals surface area contributed by atoms with E-state index in [2.05, 4.69) is 20.7 Å². The number of rotatable bonds is 7. The number of anilines is 2. The Bertz CT molecular complexity index is 433. The van der Waals surface area contributed by atoms with Crippen molar-refractivity contribution >= 4 is 29.4 Å². The summed E-state index contributed by atoms with van der Waals surface area (Å²) in [6, 6.07) is 1.20. The number of hydrazine groups is 1. The summed E-state index contributed by atoms with van der Waals surface area (Å²) in [5.41, 5.74) is 2.48. The lowest BCUT2D eigenvalue weighted by Gasteiger charge is -2.19. The van der Waals surface area contributed by atoms with E-state index in [0.29, 0.717) is 29.1 Å². The summed E-state index contributed by atoms with van der Waals surface area (Å²) < 4.78 is 4.81. The van der Waals surface area contributed by atoms with Crippen molar-refractivity contribution in [3.05, 3.63) is 6.07 Å². The van der Waals surface area contributed by atoms with Gasteiger partial charge in [0.25, 0.3) is 0 Å². The van der Waals surface area contributed by atoms with Gasteiger partial charge in [0.05, 0.1) is 7.11 Å². The number of aromatic nitrogens is 2. The second kappa shape index (κ2) is 7.91. The molecular weight excluding hydrogens is 278 g/mol. The fourth-order valence-electron chi connectivity index (χ4n) is 1.67. The zero-order valence-electron chi connectivity index (χ0n) is 12.1. The summed E-state index contributed by atoms with van der Waals surface area (Å²) in [5, 5.41) is 3.64. The third kappa shape index (κ3) is 4.86. The molecule has 4 N–H and O–H groups in total. The van der Waals surface area contributed by atoms with Crippen LogP contribution in [0.15, 0.2) is 11.2 Å². The van der Waals surface area contributed by atoms with E-state index >= 15 is 0 Å². The zero-order chi connectivity index (χ0) is 15.1. The maximum absolute atomic E-state index is 11.8. The maximum atomic E-state index is 11.8. The molecule has 8 heteroatoms. The predicted molar refractivity (Wildman–Crippen MR) is 80.5 cm³/mol. The first-order chi connectivity index (χ1) is 9.49. The lowest BCUT2D eigenvalue weighted by atomic mass is 10.0. The topological polar surface area (TPSA) is 102 Å². The van der Waals surface area contributed by atoms with Gasteiger partial charge in [0.1, 0.15) is 17.7 Å². The molecule has 0 bridgehead atoms. The smallest absolute Gasteiger partial charge is 0.328 e. The van der Waals surface area contributed by atoms with Crippen LogP contribution in [0, 0.1) is 5.92 Å². The summed E-state index contributed by atoms with van der Waals surface area (Å²) in [5.74, 6) is 6.43. The van der Waals surface area contributed by atoms with Crippen LogP contribution in [-0.2, 0) is 9.53 Å². The number of hydrogen-bond donors (Lipinski definition) is 3. The molecule has 0 fully saturated rings. The molecule has 0 spiro atoms. The third-order valence-electron chi connectivity index (χ3n) is 2.55. The van der Waals surface area contributed by atoms with E-state index in [4.69, 9.17) is 10.6 Å². The summed E-state index contributed by atoms with van der Waals surface area (Å²) in [6.45, 7) is 4.08. The molecule has 0 radical (unpaired) electrons. The number of carbonyl (C=O) groups excluding carboxylic acids is 1. The van der Waals surface area contributed by atoms with Crippen LogP contribution in [0.25, 0.3) is 0 Å². The lowest BCUT2D eigenvalue weighted by Crippen LogP contribution is -2.32. The monoisotopic (exact) mass is 299 g/mol. The Kier molecular flexibility index (Phi) is 6.53. The first-order valence-electron chi connectivity index (χ1n) is 6.24. The molecule has 0 aliphatic heterocycles. The number of nitrogens with one attached hydrogen (secondary N) is 2. The number of ether oxygens (including phenoxy) is 1. The Morgan fingerprint density at radius 1 is 1.45 bits per heavy atom. The van der Waals surface area contributed by atoms with Crippen LogP contribution in [0.1, 0.15) is 20.3 Å². The molecule has 0 saturated heterocycles. The minimum atomic E-state index is -0.449. The standard InChI is InChI=1S/C12H21N5O2S/c1-7(2)5-8(11(18)19-3)14-9-6-10(17-13)16-12(15-9)20-4/h6-8H,5,13H2,1-4H3,(H2,14,15,16,17). The Hall–Kier alpha value is -1.54. The molecule has 112 valence electrons. The molecule has 0 amide bonds. The van der Waals surface area contributed by atoms with E-state index in [0.717, 1.165) is 0 Å². The molecule has 0 aromatic carbocycles. The Labute approximate surface area is 123 Å². The van der Waals surface area contributed by atoms with E-state index in [1.807, 2.05) is 20.1 Å². The summed E-state index contributed by atoms with van der Waals surface area (Å²) in [4.78, 5) is 20.3. The molecule has 0 saturated carbocycles. The van der Waals surface area contributed by atoms with Crippen molar-refractivity contribution in [3.8, 4) is 0 Å². The minimum absolute atomic E-state index is 0.315. The highest BCUT2D eigenvalue weighted by Gasteiger charge is 2.21. The van der Waals surface area contributed by atoms with E-state index in [1.165, 1.54) is 18.9 Å². The van der Waals surface area contributed by atoms with Crippen LogP contribution in [0.2, 0.25) is 0 Å². The third-order valence-corrected chi connectivity index (χ3v) is 3.10. The summed E-state index contributed by atoms with van der Waals surface area (Å²) in [7, 11) is 1.37. The van der Waals surface area contributed by atoms with Gasteiger partial charge in [-0.15, -0.1) is 0 Å². The summed E-state index contributed by atoms with van der Waals surface area (Å²) in [6.07, 6.45) is 2.52. The average molecular weight is 299 g/mol. The molecule has 1 unspecified atom stereocenters. The van der Waals surface area contributed by atoms with Gasteiger partial charge in [-0.2, -0.15) is 0 Å². The van der Waals surface area contributed by atoms with Crippen molar-refractivity contribution in [3.63, 3.8) is 0 Å². The van der Waals surface area contributed by atoms with Crippen LogP contribution in [0.5, 0.6) is 0 Å². The highest BCUT2D eigenvalue weighted by Crippen LogP contribution is 2.19. The van der Waals surface area contributed by atoms with E-state index < -0.39 is 6.04 Å². The van der Waals surface area contributed by atoms with Crippen molar-refractivity contribution < 1.29 is 9.53 Å². The average Bonchev–Trinajstić information content (AvgIpc) is 2.44. The highest BCUT2D eigenvalue weighted by atomic mass is 32.2. The molecule has 1 heterocycles. The minimum Gasteiger partial charge on any atom is -0.467 e. The normalized spacial score (nSPS) is 12.1. The second-order valence-electron chi connectivity index (χ2n) is 4.62. The molecule has 0 aliphatic rings. The van der Waals surface area contributed by atoms with Crippen molar-refractivity contribution in [2.45, 2.75) is 31.5 Å². The Morgan fingerprint density at radius 2 is 2.10 bits per heavy atom. The van der Waals surface area contributed by atoms with Gasteiger partial charge in [-0.25, -0.2) is 20.6 Å². The number of nitrogen functional groups attached to an aromatic ring is 1. The SMILES string of the molecule is COC(=O)C(CC(C)C)Nc1cc(NN)nc(SC)n1. The number of esters is 1. The summed E-state index contributed by atoms with van der Waals surface area (Å²) >= 11 is 1.39. The zero-order valence-corrected chi connectivity index (χ0v) is 13.0. The number of thioether (sulfide) groups is 1. The van der Waals surface area contributed by atoms with Crippen molar-refractivity contribution in [2.75, 3.05) is 24.1 Å². The van der Waals surface area contributed by atoms with Gasteiger partial charge in [-0.3, -0.25) is 0 Å². The highest BCUT2D eigenvalue weighted by molar-refractivity contribution is 7.98. The predicted octanol–water partition coefficient (Wildman–Crippen LogP) is 1.48. The molecule has 7 nitrogen and oxygen atoms in total. The van der Waals surface area contributed by atoms with E-state index in [9.17, 15) is 4.79 Å². The largest absolute Gasteiger partial charge is 0.467 e. The van der Waals surface area contributed by atoms with Crippen LogP contribution in [0.4, 0.5) is 11.6 Å². The van der Waals surface area contributed by atoms with Gasteiger partial charge in [0, 0.05) is 6.07 Å². The van der Waals surface area contributed by atoms with Crippen LogP contribution in [0.3, 0.4) is 0 Å². The number of methoxy groups -OCH3 is 1.